The molecule has 0 bridgehead atoms. The third-order valence-corrected chi connectivity index (χ3v) is 2.46. The van der Waals surface area contributed by atoms with Gasteiger partial charge < -0.3 is 11.2 Å². The van der Waals surface area contributed by atoms with Gasteiger partial charge in [0.2, 0.25) is 0 Å². The number of nitrogens with one attached hydrogen (secondary N) is 1. The topological polar surface area (TPSA) is 64.1 Å². The first kappa shape index (κ1) is 8.84. The van der Waals surface area contributed by atoms with Crippen LogP contribution in [-0.4, -0.2) is 0 Å². The van der Waals surface area contributed by atoms with Gasteiger partial charge in [0.05, 0.1) is 5.69 Å². The maximum absolute atomic E-state index is 6.00. The Morgan fingerprint density at radius 1 is 1.14 bits per heavy atom. The van der Waals surface area contributed by atoms with E-state index in [0.717, 1.165) is 27.7 Å². The van der Waals surface area contributed by atoms with Crippen molar-refractivity contribution in [3.8, 4) is 0 Å². The van der Waals surface area contributed by atoms with Crippen molar-refractivity contribution < 1.29 is 0 Å². The Bertz CT molecular complexity index is 477. The zero-order valence-electron chi connectivity index (χ0n) is 8.04. The Balaban J connectivity index is 2.89. The maximum atomic E-state index is 6.00. The van der Waals surface area contributed by atoms with Crippen molar-refractivity contribution >= 4 is 22.1 Å². The van der Waals surface area contributed by atoms with Gasteiger partial charge in [-0.3, -0.25) is 5.84 Å². The third-order valence-electron chi connectivity index (χ3n) is 2.46. The summed E-state index contributed by atoms with van der Waals surface area (Å²) in [4.78, 5) is 0. The lowest BCUT2D eigenvalue weighted by Gasteiger charge is -2.10. The molecule has 0 spiro atoms. The van der Waals surface area contributed by atoms with E-state index >= 15 is 0 Å². The summed E-state index contributed by atoms with van der Waals surface area (Å²) in [5.74, 6) is 5.43. The van der Waals surface area contributed by atoms with E-state index in [0.29, 0.717) is 0 Å². The third kappa shape index (κ3) is 1.18. The van der Waals surface area contributed by atoms with Crippen LogP contribution >= 0.6 is 0 Å². The molecule has 2 aromatic rings. The average molecular weight is 187 g/mol. The Labute approximate surface area is 82.7 Å². The van der Waals surface area contributed by atoms with Gasteiger partial charge in [-0.25, -0.2) is 0 Å². The highest BCUT2D eigenvalue weighted by Crippen LogP contribution is 2.30. The molecule has 0 fully saturated rings. The second-order valence-corrected chi connectivity index (χ2v) is 3.34. The number of aryl methyl sites for hydroxylation is 1. The molecule has 3 heteroatoms. The standard InChI is InChI=1S/C11H13N3/c1-7-5-6-8-3-2-4-9(14-13)10(8)11(7)12/h2-6,14H,12-13H2,1H3. The Kier molecular flexibility index (Phi) is 2.02. The Morgan fingerprint density at radius 3 is 2.64 bits per heavy atom. The minimum Gasteiger partial charge on any atom is -0.398 e. The number of anilines is 2. The minimum atomic E-state index is 0.788. The zero-order valence-corrected chi connectivity index (χ0v) is 8.04. The van der Waals surface area contributed by atoms with Gasteiger partial charge >= 0.3 is 0 Å². The van der Waals surface area contributed by atoms with Crippen molar-refractivity contribution in [1.82, 2.24) is 0 Å². The maximum Gasteiger partial charge on any atom is 0.0584 e. The van der Waals surface area contributed by atoms with Crippen molar-refractivity contribution in [3.05, 3.63) is 35.9 Å². The summed E-state index contributed by atoms with van der Waals surface area (Å²) >= 11 is 0. The molecule has 0 aromatic heterocycles. The SMILES string of the molecule is Cc1ccc2cccc(NN)c2c1N. The van der Waals surface area contributed by atoms with Gasteiger partial charge in [-0.05, 0) is 23.9 Å². The monoisotopic (exact) mass is 187 g/mol. The highest BCUT2D eigenvalue weighted by Gasteiger charge is 2.04. The van der Waals surface area contributed by atoms with Crippen LogP contribution in [0.1, 0.15) is 5.56 Å². The fourth-order valence-corrected chi connectivity index (χ4v) is 1.63. The fraction of sp³-hybridized carbons (Fsp3) is 0.0909. The summed E-state index contributed by atoms with van der Waals surface area (Å²) in [5.41, 5.74) is 11.4. The number of hydrogen-bond acceptors (Lipinski definition) is 3. The van der Waals surface area contributed by atoms with Crippen LogP contribution in [-0.2, 0) is 0 Å². The molecule has 5 N–H and O–H groups in total. The van der Waals surface area contributed by atoms with E-state index in [1.54, 1.807) is 0 Å². The molecule has 3 nitrogen and oxygen atoms in total. The molecule has 0 saturated heterocycles. The molecule has 72 valence electrons. The highest BCUT2D eigenvalue weighted by atomic mass is 15.2. The molecule has 0 aliphatic carbocycles. The van der Waals surface area contributed by atoms with Crippen LogP contribution in [0.25, 0.3) is 10.8 Å². The van der Waals surface area contributed by atoms with Crippen LogP contribution in [0, 0.1) is 6.92 Å². The van der Waals surface area contributed by atoms with Crippen LogP contribution < -0.4 is 17.0 Å². The van der Waals surface area contributed by atoms with E-state index in [2.05, 4.69) is 5.43 Å². The molecule has 0 aliphatic rings. The van der Waals surface area contributed by atoms with E-state index in [9.17, 15) is 0 Å². The van der Waals surface area contributed by atoms with Gasteiger partial charge in [-0.1, -0.05) is 24.3 Å². The van der Waals surface area contributed by atoms with Crippen molar-refractivity contribution in [2.45, 2.75) is 6.92 Å². The van der Waals surface area contributed by atoms with Crippen molar-refractivity contribution in [2.75, 3.05) is 11.2 Å². The van der Waals surface area contributed by atoms with E-state index in [-0.39, 0.29) is 0 Å². The molecule has 0 heterocycles. The predicted octanol–water partition coefficient (Wildman–Crippen LogP) is 2.02. The zero-order chi connectivity index (χ0) is 10.1. The average Bonchev–Trinajstić information content (AvgIpc) is 2.23. The molecule has 0 amide bonds. The molecule has 0 atom stereocenters. The van der Waals surface area contributed by atoms with Crippen molar-refractivity contribution in [2.24, 2.45) is 5.84 Å². The molecule has 0 aliphatic heterocycles. The number of rotatable bonds is 1. The van der Waals surface area contributed by atoms with Crippen LogP contribution in [0.2, 0.25) is 0 Å². The number of fused-ring (bicyclic) bond motifs is 1. The van der Waals surface area contributed by atoms with Crippen LogP contribution in [0.4, 0.5) is 11.4 Å². The summed E-state index contributed by atoms with van der Waals surface area (Å²) in [6, 6.07) is 9.94. The number of hydrogen-bond donors (Lipinski definition) is 3. The van der Waals surface area contributed by atoms with E-state index < -0.39 is 0 Å². The molecule has 0 saturated carbocycles. The second kappa shape index (κ2) is 3.20. The van der Waals surface area contributed by atoms with Gasteiger partial charge in [0.1, 0.15) is 0 Å². The van der Waals surface area contributed by atoms with Crippen LogP contribution in [0.15, 0.2) is 30.3 Å². The molecule has 2 aromatic carbocycles. The number of nitrogen functional groups attached to an aromatic ring is 2. The molecule has 2 rings (SSSR count). The first-order valence-electron chi connectivity index (χ1n) is 4.48. The van der Waals surface area contributed by atoms with Gasteiger partial charge in [0, 0.05) is 11.1 Å². The minimum absolute atomic E-state index is 0.788. The molecule has 14 heavy (non-hydrogen) atoms. The lowest BCUT2D eigenvalue weighted by Crippen LogP contribution is -2.07. The van der Waals surface area contributed by atoms with Crippen molar-refractivity contribution in [3.63, 3.8) is 0 Å². The summed E-state index contributed by atoms with van der Waals surface area (Å²) < 4.78 is 0. The molecule has 0 unspecified atom stereocenters. The summed E-state index contributed by atoms with van der Waals surface area (Å²) in [6.07, 6.45) is 0. The fourth-order valence-electron chi connectivity index (χ4n) is 1.63. The largest absolute Gasteiger partial charge is 0.398 e. The van der Waals surface area contributed by atoms with Gasteiger partial charge in [0.15, 0.2) is 0 Å². The normalized spacial score (nSPS) is 10.4. The van der Waals surface area contributed by atoms with Gasteiger partial charge in [-0.15, -0.1) is 0 Å². The number of hydrazine groups is 1. The predicted molar refractivity (Wildman–Crippen MR) is 60.9 cm³/mol. The van der Waals surface area contributed by atoms with Gasteiger partial charge in [-0.2, -0.15) is 0 Å². The molecule has 0 radical (unpaired) electrons. The van der Waals surface area contributed by atoms with E-state index in [1.165, 1.54) is 0 Å². The van der Waals surface area contributed by atoms with Crippen LogP contribution in [0.3, 0.4) is 0 Å². The van der Waals surface area contributed by atoms with E-state index in [1.807, 2.05) is 37.3 Å². The smallest absolute Gasteiger partial charge is 0.0584 e. The summed E-state index contributed by atoms with van der Waals surface area (Å²) in [5, 5.41) is 2.10. The Morgan fingerprint density at radius 2 is 1.93 bits per heavy atom. The summed E-state index contributed by atoms with van der Waals surface area (Å²) in [6.45, 7) is 1.99. The van der Waals surface area contributed by atoms with Gasteiger partial charge in [0.25, 0.3) is 0 Å². The Hall–Kier alpha value is -1.74. The lowest BCUT2D eigenvalue weighted by molar-refractivity contribution is 1.36. The second-order valence-electron chi connectivity index (χ2n) is 3.34. The molecular weight excluding hydrogens is 174 g/mol. The lowest BCUT2D eigenvalue weighted by atomic mass is 10.0. The van der Waals surface area contributed by atoms with Crippen LogP contribution in [0.5, 0.6) is 0 Å². The number of nitrogens with two attached hydrogens (primary N) is 2. The quantitative estimate of drug-likeness (QED) is 0.363. The number of benzene rings is 2. The van der Waals surface area contributed by atoms with Crippen molar-refractivity contribution in [1.29, 1.82) is 0 Å². The molecular formula is C11H13N3. The van der Waals surface area contributed by atoms with E-state index in [4.69, 9.17) is 11.6 Å². The summed E-state index contributed by atoms with van der Waals surface area (Å²) in [7, 11) is 0. The first-order chi connectivity index (χ1) is 6.74. The highest BCUT2D eigenvalue weighted by molar-refractivity contribution is 6.03. The first-order valence-corrected chi connectivity index (χ1v) is 4.48.